The molecule has 0 saturated carbocycles. The molecule has 1 atom stereocenters. The number of fused-ring (bicyclic) bond motifs is 1. The summed E-state index contributed by atoms with van der Waals surface area (Å²) in [5, 5.41) is 3.55. The van der Waals surface area contributed by atoms with Gasteiger partial charge in [0.15, 0.2) is 0 Å². The Hall–Kier alpha value is -2.74. The van der Waals surface area contributed by atoms with Crippen LogP contribution in [0.15, 0.2) is 66.7 Å². The van der Waals surface area contributed by atoms with E-state index in [1.165, 1.54) is 0 Å². The summed E-state index contributed by atoms with van der Waals surface area (Å²) in [6.07, 6.45) is 1.77. The highest BCUT2D eigenvalue weighted by Gasteiger charge is 2.34. The van der Waals surface area contributed by atoms with Crippen molar-refractivity contribution in [3.8, 4) is 11.5 Å². The zero-order valence-electron chi connectivity index (χ0n) is 17.6. The van der Waals surface area contributed by atoms with Gasteiger partial charge in [-0.3, -0.25) is 9.69 Å². The fraction of sp³-hybridized carbons (Fsp3) is 0.240. The number of halogens is 1. The molecule has 1 amide bonds. The summed E-state index contributed by atoms with van der Waals surface area (Å²) in [4.78, 5) is 15.4. The van der Waals surface area contributed by atoms with Crippen LogP contribution in [-0.4, -0.2) is 19.6 Å². The van der Waals surface area contributed by atoms with Crippen LogP contribution in [0.5, 0.6) is 11.5 Å². The Bertz CT molecular complexity index is 1070. The van der Waals surface area contributed by atoms with E-state index < -0.39 is 0 Å². The van der Waals surface area contributed by atoms with Crippen LogP contribution in [0.25, 0.3) is 0 Å². The number of methoxy groups -OCH3 is 1. The van der Waals surface area contributed by atoms with Gasteiger partial charge in [-0.1, -0.05) is 31.5 Å². The normalized spacial score (nSPS) is 15.3. The molecule has 6 heteroatoms. The van der Waals surface area contributed by atoms with Gasteiger partial charge >= 0.3 is 0 Å². The van der Waals surface area contributed by atoms with Gasteiger partial charge < -0.3 is 14.8 Å². The van der Waals surface area contributed by atoms with Crippen molar-refractivity contribution in [2.24, 2.45) is 0 Å². The molecule has 3 aromatic rings. The molecular formula is C25H25IN2O3. The van der Waals surface area contributed by atoms with Crippen molar-refractivity contribution in [3.63, 3.8) is 0 Å². The van der Waals surface area contributed by atoms with Gasteiger partial charge in [0.25, 0.3) is 5.91 Å². The Morgan fingerprint density at radius 3 is 2.58 bits per heavy atom. The van der Waals surface area contributed by atoms with Gasteiger partial charge in [-0.05, 0) is 77.0 Å². The molecule has 0 aliphatic carbocycles. The Kier molecular flexibility index (Phi) is 6.65. The number of carbonyl (C=O) groups excluding carboxylic acids is 1. The predicted molar refractivity (Wildman–Crippen MR) is 132 cm³/mol. The molecule has 160 valence electrons. The van der Waals surface area contributed by atoms with Crippen molar-refractivity contribution < 1.29 is 14.3 Å². The van der Waals surface area contributed by atoms with E-state index in [2.05, 4.69) is 34.8 Å². The molecule has 3 aromatic carbocycles. The quantitative estimate of drug-likeness (QED) is 0.291. The minimum absolute atomic E-state index is 0.0474. The lowest BCUT2D eigenvalue weighted by Crippen LogP contribution is -2.43. The molecule has 0 spiro atoms. The van der Waals surface area contributed by atoms with Gasteiger partial charge in [-0.2, -0.15) is 0 Å². The maximum Gasteiger partial charge on any atom is 0.262 e. The number of hydrogen-bond acceptors (Lipinski definition) is 4. The van der Waals surface area contributed by atoms with Gasteiger partial charge in [0.05, 0.1) is 25.0 Å². The molecule has 1 aliphatic rings. The van der Waals surface area contributed by atoms with Crippen LogP contribution < -0.4 is 19.7 Å². The second-order valence-electron chi connectivity index (χ2n) is 7.38. The number of hydrogen-bond donors (Lipinski definition) is 1. The highest BCUT2D eigenvalue weighted by atomic mass is 127. The topological polar surface area (TPSA) is 50.8 Å². The van der Waals surface area contributed by atoms with Gasteiger partial charge in [-0.15, -0.1) is 0 Å². The third-order valence-electron chi connectivity index (χ3n) is 5.28. The number of carbonyl (C=O) groups is 1. The van der Waals surface area contributed by atoms with E-state index in [0.29, 0.717) is 17.9 Å². The molecule has 31 heavy (non-hydrogen) atoms. The number of benzene rings is 3. The van der Waals surface area contributed by atoms with Gasteiger partial charge in [0.1, 0.15) is 17.7 Å². The molecular weight excluding hydrogens is 503 g/mol. The smallest absolute Gasteiger partial charge is 0.262 e. The molecule has 0 aromatic heterocycles. The van der Waals surface area contributed by atoms with E-state index in [9.17, 15) is 4.79 Å². The predicted octanol–water partition coefficient (Wildman–Crippen LogP) is 6.25. The Morgan fingerprint density at radius 1 is 1.03 bits per heavy atom. The van der Waals surface area contributed by atoms with Gasteiger partial charge in [0.2, 0.25) is 0 Å². The fourth-order valence-electron chi connectivity index (χ4n) is 3.62. The van der Waals surface area contributed by atoms with Crippen LogP contribution in [0.2, 0.25) is 0 Å². The molecule has 0 fully saturated rings. The monoisotopic (exact) mass is 528 g/mol. The Balaban J connectivity index is 1.72. The number of ether oxygens (including phenoxy) is 2. The van der Waals surface area contributed by atoms with E-state index in [4.69, 9.17) is 9.47 Å². The van der Waals surface area contributed by atoms with Crippen molar-refractivity contribution in [2.75, 3.05) is 23.9 Å². The largest absolute Gasteiger partial charge is 0.497 e. The van der Waals surface area contributed by atoms with Crippen LogP contribution in [0.3, 0.4) is 0 Å². The minimum Gasteiger partial charge on any atom is -0.497 e. The first-order valence-corrected chi connectivity index (χ1v) is 11.4. The molecule has 0 radical (unpaired) electrons. The first-order chi connectivity index (χ1) is 15.1. The fourth-order valence-corrected chi connectivity index (χ4v) is 4.11. The third-order valence-corrected chi connectivity index (χ3v) is 5.95. The van der Waals surface area contributed by atoms with Crippen LogP contribution in [0.4, 0.5) is 11.4 Å². The van der Waals surface area contributed by atoms with Crippen LogP contribution >= 0.6 is 22.6 Å². The summed E-state index contributed by atoms with van der Waals surface area (Å²) in [7, 11) is 1.63. The van der Waals surface area contributed by atoms with Crippen molar-refractivity contribution in [1.29, 1.82) is 0 Å². The lowest BCUT2D eigenvalue weighted by atomic mass is 10.0. The lowest BCUT2D eigenvalue weighted by molar-refractivity contribution is 0.0975. The highest BCUT2D eigenvalue weighted by Crippen LogP contribution is 2.38. The number of nitrogens with one attached hydrogen (secondary N) is 1. The van der Waals surface area contributed by atoms with Crippen molar-refractivity contribution in [2.45, 2.75) is 25.9 Å². The maximum atomic E-state index is 13.6. The summed E-state index contributed by atoms with van der Waals surface area (Å²) in [5.41, 5.74) is 3.24. The summed E-state index contributed by atoms with van der Waals surface area (Å²) in [5.74, 6) is 1.49. The Morgan fingerprint density at radius 2 is 1.84 bits per heavy atom. The first-order valence-electron chi connectivity index (χ1n) is 10.4. The molecule has 0 bridgehead atoms. The first kappa shape index (κ1) is 21.5. The summed E-state index contributed by atoms with van der Waals surface area (Å²) in [6, 6.07) is 21.4. The lowest BCUT2D eigenvalue weighted by Gasteiger charge is -2.38. The van der Waals surface area contributed by atoms with Crippen LogP contribution in [-0.2, 0) is 0 Å². The standard InChI is InChI=1S/C25H25IN2O3/c1-3-4-14-31-20-11-8-17(9-12-20)24-27-23-13-10-18(26)15-22(23)25(29)28(24)19-6-5-7-21(16-19)30-2/h5-13,15-16,24,27H,3-4,14H2,1-2H3. The zero-order chi connectivity index (χ0) is 21.8. The van der Waals surface area contributed by atoms with Crippen LogP contribution in [0, 0.1) is 3.57 Å². The van der Waals surface area contributed by atoms with E-state index in [-0.39, 0.29) is 12.1 Å². The number of rotatable bonds is 7. The van der Waals surface area contributed by atoms with E-state index in [0.717, 1.165) is 39.1 Å². The van der Waals surface area contributed by atoms with Crippen LogP contribution in [0.1, 0.15) is 41.9 Å². The molecule has 1 N–H and O–H groups in total. The highest BCUT2D eigenvalue weighted by molar-refractivity contribution is 14.1. The molecule has 0 saturated heterocycles. The maximum absolute atomic E-state index is 13.6. The second-order valence-corrected chi connectivity index (χ2v) is 8.63. The number of amides is 1. The number of nitrogens with zero attached hydrogens (tertiary/aromatic N) is 1. The second kappa shape index (κ2) is 9.60. The van der Waals surface area contributed by atoms with Crippen molar-refractivity contribution in [3.05, 3.63) is 81.4 Å². The van der Waals surface area contributed by atoms with E-state index in [1.807, 2.05) is 66.7 Å². The average molecular weight is 528 g/mol. The third kappa shape index (κ3) is 4.63. The van der Waals surface area contributed by atoms with Gasteiger partial charge in [0, 0.05) is 15.3 Å². The minimum atomic E-state index is -0.350. The number of unbranched alkanes of at least 4 members (excludes halogenated alkanes) is 1. The molecule has 1 heterocycles. The summed E-state index contributed by atoms with van der Waals surface area (Å²) < 4.78 is 12.2. The van der Waals surface area contributed by atoms with Crippen molar-refractivity contribution >= 4 is 39.9 Å². The van der Waals surface area contributed by atoms with E-state index >= 15 is 0 Å². The zero-order valence-corrected chi connectivity index (χ0v) is 19.8. The van der Waals surface area contributed by atoms with Gasteiger partial charge in [-0.25, -0.2) is 0 Å². The average Bonchev–Trinajstić information content (AvgIpc) is 2.80. The molecule has 1 aliphatic heterocycles. The van der Waals surface area contributed by atoms with E-state index in [1.54, 1.807) is 12.0 Å². The summed E-state index contributed by atoms with van der Waals surface area (Å²) in [6.45, 7) is 2.85. The molecule has 1 unspecified atom stereocenters. The molecule has 4 rings (SSSR count). The number of anilines is 2. The summed E-state index contributed by atoms with van der Waals surface area (Å²) >= 11 is 2.23. The Labute approximate surface area is 196 Å². The van der Waals surface area contributed by atoms with Crippen molar-refractivity contribution in [1.82, 2.24) is 0 Å². The molecule has 5 nitrogen and oxygen atoms in total. The SMILES string of the molecule is CCCCOc1ccc(C2Nc3ccc(I)cc3C(=O)N2c2cccc(OC)c2)cc1.